The third-order valence-electron chi connectivity index (χ3n) is 8.61. The van der Waals surface area contributed by atoms with Crippen LogP contribution in [0.2, 0.25) is 0 Å². The number of aryl methyl sites for hydroxylation is 1. The minimum Gasteiger partial charge on any atom is -0.395 e. The quantitative estimate of drug-likeness (QED) is 0.317. The van der Waals surface area contributed by atoms with Gasteiger partial charge in [0.15, 0.2) is 5.60 Å². The van der Waals surface area contributed by atoms with Crippen LogP contribution in [0.3, 0.4) is 0 Å². The van der Waals surface area contributed by atoms with Crippen LogP contribution in [0.4, 0.5) is 11.4 Å². The molecule has 9 nitrogen and oxygen atoms in total. The van der Waals surface area contributed by atoms with Crippen molar-refractivity contribution in [2.45, 2.75) is 63.5 Å². The highest BCUT2D eigenvalue weighted by Gasteiger charge is 2.52. The molecule has 1 aromatic heterocycles. The Labute approximate surface area is 253 Å². The summed E-state index contributed by atoms with van der Waals surface area (Å²) in [6.07, 6.45) is 12.4. The molecule has 3 aromatic rings. The van der Waals surface area contributed by atoms with Crippen molar-refractivity contribution in [2.24, 2.45) is 5.92 Å². The summed E-state index contributed by atoms with van der Waals surface area (Å²) < 4.78 is 1.74. The number of aliphatic hydroxyl groups excluding tert-OH is 1. The normalized spacial score (nSPS) is 20.6. The van der Waals surface area contributed by atoms with Crippen molar-refractivity contribution in [3.8, 4) is 0 Å². The zero-order chi connectivity index (χ0) is 30.4. The lowest BCUT2D eigenvalue weighted by molar-refractivity contribution is -0.139. The van der Waals surface area contributed by atoms with Gasteiger partial charge in [-0.05, 0) is 43.0 Å². The zero-order valence-electron chi connectivity index (χ0n) is 24.8. The van der Waals surface area contributed by atoms with Gasteiger partial charge < -0.3 is 20.0 Å². The van der Waals surface area contributed by atoms with Crippen molar-refractivity contribution >= 4 is 23.2 Å². The van der Waals surface area contributed by atoms with E-state index in [2.05, 4.69) is 16.9 Å². The summed E-state index contributed by atoms with van der Waals surface area (Å²) in [4.78, 5) is 30.0. The molecule has 2 aliphatic heterocycles. The molecule has 3 atom stereocenters. The Hall–Kier alpha value is -4.08. The van der Waals surface area contributed by atoms with E-state index in [4.69, 9.17) is 0 Å². The standard InChI is InChI=1S/C34H41N5O4/c1-3-19-39-31-18-17-27(38-21-11-5-4-9-16-32(38)41)22-29(31)34(43,33(39)42)25(2)13-10-12-20-37-23-30(35-36-37)28(24-40)26-14-7-6-8-15-26/h3,6-8,10,13-15,17-18,22-23,25,28,40,43H,1,4-5,9,11-12,16,19-21,24H2,2H3/b13-10+/t25-,28?,34+/m1/s1. The first-order chi connectivity index (χ1) is 20.9. The fourth-order valence-corrected chi connectivity index (χ4v) is 6.13. The number of allylic oxidation sites excluding steroid dienone is 1. The number of aliphatic hydroxyl groups is 2. The number of rotatable bonds is 11. The number of carbonyl (C=O) groups excluding carboxylic acids is 2. The maximum absolute atomic E-state index is 13.7. The van der Waals surface area contributed by atoms with Crippen LogP contribution in [0.25, 0.3) is 0 Å². The molecule has 2 N–H and O–H groups in total. The Morgan fingerprint density at radius 1 is 1.09 bits per heavy atom. The van der Waals surface area contributed by atoms with Crippen molar-refractivity contribution in [3.05, 3.63) is 96.4 Å². The Kier molecular flexibility index (Phi) is 9.52. The molecular formula is C34H41N5O4. The molecule has 43 heavy (non-hydrogen) atoms. The predicted molar refractivity (Wildman–Crippen MR) is 167 cm³/mol. The summed E-state index contributed by atoms with van der Waals surface area (Å²) in [5, 5.41) is 30.5. The summed E-state index contributed by atoms with van der Waals surface area (Å²) >= 11 is 0. The van der Waals surface area contributed by atoms with E-state index in [-0.39, 0.29) is 25.0 Å². The first-order valence-corrected chi connectivity index (χ1v) is 15.2. The molecule has 2 aliphatic rings. The van der Waals surface area contributed by atoms with Gasteiger partial charge in [-0.1, -0.05) is 73.5 Å². The molecule has 5 rings (SSSR count). The molecule has 2 aromatic carbocycles. The third kappa shape index (κ3) is 6.19. The summed E-state index contributed by atoms with van der Waals surface area (Å²) in [6, 6.07) is 15.3. The van der Waals surface area contributed by atoms with E-state index in [1.54, 1.807) is 20.6 Å². The van der Waals surface area contributed by atoms with Gasteiger partial charge in [0.2, 0.25) is 5.91 Å². The summed E-state index contributed by atoms with van der Waals surface area (Å²) in [6.45, 7) is 7.03. The molecule has 0 spiro atoms. The van der Waals surface area contributed by atoms with Gasteiger partial charge >= 0.3 is 0 Å². The first kappa shape index (κ1) is 30.4. The Morgan fingerprint density at radius 3 is 2.65 bits per heavy atom. The molecule has 0 saturated carbocycles. The number of aromatic nitrogens is 3. The largest absolute Gasteiger partial charge is 0.395 e. The predicted octanol–water partition coefficient (Wildman–Crippen LogP) is 4.70. The number of anilines is 2. The highest BCUT2D eigenvalue weighted by atomic mass is 16.3. The maximum atomic E-state index is 13.7. The summed E-state index contributed by atoms with van der Waals surface area (Å²) in [5.74, 6) is -1.10. The number of carbonyl (C=O) groups is 2. The third-order valence-corrected chi connectivity index (χ3v) is 8.61. The van der Waals surface area contributed by atoms with E-state index < -0.39 is 17.4 Å². The van der Waals surface area contributed by atoms with E-state index in [1.807, 2.05) is 73.8 Å². The van der Waals surface area contributed by atoms with Crippen molar-refractivity contribution in [1.29, 1.82) is 0 Å². The lowest BCUT2D eigenvalue weighted by Crippen LogP contribution is -2.44. The number of fused-ring (bicyclic) bond motifs is 1. The van der Waals surface area contributed by atoms with E-state index in [0.717, 1.165) is 31.2 Å². The SMILES string of the molecule is C=CCN1C(=O)[C@](O)([C@H](C)/C=C/CCn2cc(C(CO)c3ccccc3)nn2)c2cc(N3CCCCCCC3=O)ccc21. The van der Waals surface area contributed by atoms with Gasteiger partial charge in [-0.3, -0.25) is 14.3 Å². The monoisotopic (exact) mass is 583 g/mol. The molecule has 1 fully saturated rings. The molecular weight excluding hydrogens is 542 g/mol. The number of nitrogens with zero attached hydrogens (tertiary/aromatic N) is 5. The van der Waals surface area contributed by atoms with E-state index in [0.29, 0.717) is 48.6 Å². The maximum Gasteiger partial charge on any atom is 0.264 e. The van der Waals surface area contributed by atoms with Crippen molar-refractivity contribution < 1.29 is 19.8 Å². The molecule has 0 aliphatic carbocycles. The van der Waals surface area contributed by atoms with Crippen LogP contribution >= 0.6 is 0 Å². The molecule has 1 unspecified atom stereocenters. The van der Waals surface area contributed by atoms with Crippen LogP contribution in [0, 0.1) is 5.92 Å². The van der Waals surface area contributed by atoms with Gasteiger partial charge in [-0.2, -0.15) is 0 Å². The second-order valence-corrected chi connectivity index (χ2v) is 11.4. The fourth-order valence-electron chi connectivity index (χ4n) is 6.13. The summed E-state index contributed by atoms with van der Waals surface area (Å²) in [7, 11) is 0. The van der Waals surface area contributed by atoms with Crippen molar-refractivity contribution in [1.82, 2.24) is 15.0 Å². The van der Waals surface area contributed by atoms with Gasteiger partial charge in [0.25, 0.3) is 5.91 Å². The minimum atomic E-state index is -1.78. The number of benzene rings is 2. The van der Waals surface area contributed by atoms with Gasteiger partial charge in [0.1, 0.15) is 0 Å². The van der Waals surface area contributed by atoms with Gasteiger partial charge in [0, 0.05) is 49.4 Å². The fraction of sp³-hybridized carbons (Fsp3) is 0.412. The average molecular weight is 584 g/mol. The highest BCUT2D eigenvalue weighted by Crippen LogP contribution is 2.46. The van der Waals surface area contributed by atoms with Crippen LogP contribution in [0.5, 0.6) is 0 Å². The van der Waals surface area contributed by atoms with Gasteiger partial charge in [-0.15, -0.1) is 11.7 Å². The summed E-state index contributed by atoms with van der Waals surface area (Å²) in [5.41, 5.74) is 1.77. The average Bonchev–Trinajstić information content (AvgIpc) is 3.56. The molecule has 3 heterocycles. The molecule has 0 bridgehead atoms. The lowest BCUT2D eigenvalue weighted by Gasteiger charge is -2.29. The second-order valence-electron chi connectivity index (χ2n) is 11.4. The number of hydrogen-bond acceptors (Lipinski definition) is 6. The second kappa shape index (κ2) is 13.5. The van der Waals surface area contributed by atoms with E-state index in [9.17, 15) is 19.8 Å². The van der Waals surface area contributed by atoms with Crippen LogP contribution in [0.1, 0.15) is 68.2 Å². The van der Waals surface area contributed by atoms with Crippen LogP contribution in [0.15, 0.2) is 79.5 Å². The molecule has 9 heteroatoms. The Morgan fingerprint density at radius 2 is 1.88 bits per heavy atom. The number of hydrogen-bond donors (Lipinski definition) is 2. The van der Waals surface area contributed by atoms with Gasteiger partial charge in [0.05, 0.1) is 23.9 Å². The minimum absolute atomic E-state index is 0.0648. The Balaban J connectivity index is 1.32. The molecule has 2 amide bonds. The molecule has 1 saturated heterocycles. The first-order valence-electron chi connectivity index (χ1n) is 15.2. The van der Waals surface area contributed by atoms with Crippen LogP contribution < -0.4 is 9.80 Å². The van der Waals surface area contributed by atoms with Crippen molar-refractivity contribution in [2.75, 3.05) is 29.5 Å². The van der Waals surface area contributed by atoms with E-state index >= 15 is 0 Å². The van der Waals surface area contributed by atoms with Gasteiger partial charge in [-0.25, -0.2) is 0 Å². The highest BCUT2D eigenvalue weighted by molar-refractivity contribution is 6.08. The van der Waals surface area contributed by atoms with Crippen LogP contribution in [-0.2, 0) is 21.7 Å². The topological polar surface area (TPSA) is 112 Å². The Bertz CT molecular complexity index is 1470. The van der Waals surface area contributed by atoms with Crippen molar-refractivity contribution in [3.63, 3.8) is 0 Å². The van der Waals surface area contributed by atoms with E-state index in [1.165, 1.54) is 0 Å². The van der Waals surface area contributed by atoms with Crippen LogP contribution in [-0.4, -0.2) is 56.7 Å². The lowest BCUT2D eigenvalue weighted by atomic mass is 9.82. The number of amides is 2. The zero-order valence-corrected chi connectivity index (χ0v) is 24.8. The molecule has 226 valence electrons. The molecule has 0 radical (unpaired) electrons. The smallest absolute Gasteiger partial charge is 0.264 e.